The van der Waals surface area contributed by atoms with Gasteiger partial charge in [0.1, 0.15) is 0 Å². The van der Waals surface area contributed by atoms with Crippen LogP contribution in [0.2, 0.25) is 5.15 Å². The first-order valence-corrected chi connectivity index (χ1v) is 9.96. The smallest absolute Gasteiger partial charge is 0.359 e. The molecule has 0 saturated heterocycles. The minimum absolute atomic E-state index is 0.00564. The van der Waals surface area contributed by atoms with Gasteiger partial charge in [0.15, 0.2) is 17.5 Å². The highest BCUT2D eigenvalue weighted by molar-refractivity contribution is 6.32. The zero-order chi connectivity index (χ0) is 21.5. The van der Waals surface area contributed by atoms with Gasteiger partial charge in [-0.1, -0.05) is 49.6 Å². The normalized spacial score (nSPS) is 10.7. The zero-order valence-corrected chi connectivity index (χ0v) is 17.2. The third-order valence-electron chi connectivity index (χ3n) is 4.40. The molecule has 3 rings (SSSR count). The molecule has 0 radical (unpaired) electrons. The van der Waals surface area contributed by atoms with Crippen molar-refractivity contribution in [2.45, 2.75) is 32.7 Å². The number of aryl methyl sites for hydroxylation is 1. The molecule has 0 aliphatic carbocycles. The van der Waals surface area contributed by atoms with Crippen LogP contribution in [0.5, 0.6) is 0 Å². The average Bonchev–Trinajstić information content (AvgIpc) is 2.75. The Morgan fingerprint density at radius 3 is 2.63 bits per heavy atom. The molecule has 156 valence electrons. The van der Waals surface area contributed by atoms with Gasteiger partial charge in [-0.05, 0) is 24.6 Å². The maximum atomic E-state index is 12.7. The van der Waals surface area contributed by atoms with Crippen molar-refractivity contribution in [2.24, 2.45) is 0 Å². The van der Waals surface area contributed by atoms with Gasteiger partial charge in [0.05, 0.1) is 11.1 Å². The third kappa shape index (κ3) is 5.01. The lowest BCUT2D eigenvalue weighted by Crippen LogP contribution is -2.28. The van der Waals surface area contributed by atoms with Crippen molar-refractivity contribution in [1.82, 2.24) is 14.8 Å². The summed E-state index contributed by atoms with van der Waals surface area (Å²) >= 11 is 5.90. The predicted octanol–water partition coefficient (Wildman–Crippen LogP) is 3.43. The highest BCUT2D eigenvalue weighted by Gasteiger charge is 2.19. The van der Waals surface area contributed by atoms with Crippen molar-refractivity contribution in [3.05, 3.63) is 63.8 Å². The van der Waals surface area contributed by atoms with Gasteiger partial charge >= 0.3 is 5.97 Å². The number of hydrogen-bond acceptors (Lipinski definition) is 6. The predicted molar refractivity (Wildman–Crippen MR) is 114 cm³/mol. The van der Waals surface area contributed by atoms with Crippen molar-refractivity contribution < 1.29 is 14.3 Å². The summed E-state index contributed by atoms with van der Waals surface area (Å²) in [5.74, 6) is -1.36. The summed E-state index contributed by atoms with van der Waals surface area (Å²) < 4.78 is 6.42. The maximum Gasteiger partial charge on any atom is 0.359 e. The van der Waals surface area contributed by atoms with Crippen molar-refractivity contribution in [2.75, 3.05) is 11.9 Å². The molecule has 0 bridgehead atoms. The van der Waals surface area contributed by atoms with Crippen molar-refractivity contribution in [3.63, 3.8) is 0 Å². The van der Waals surface area contributed by atoms with Crippen LogP contribution in [0.4, 0.5) is 5.69 Å². The number of hydrogen-bond donors (Lipinski definition) is 1. The Hall–Kier alpha value is -3.26. The van der Waals surface area contributed by atoms with Crippen LogP contribution in [0.25, 0.3) is 10.8 Å². The molecule has 3 aromatic rings. The molecule has 1 aromatic carbocycles. The number of halogens is 1. The highest BCUT2D eigenvalue weighted by atomic mass is 35.5. The molecule has 0 spiro atoms. The van der Waals surface area contributed by atoms with Crippen LogP contribution in [-0.2, 0) is 16.1 Å². The Kier molecular flexibility index (Phi) is 7.13. The Balaban J connectivity index is 1.78. The van der Waals surface area contributed by atoms with E-state index < -0.39 is 18.5 Å². The third-order valence-corrected chi connectivity index (χ3v) is 4.70. The van der Waals surface area contributed by atoms with E-state index >= 15 is 0 Å². The van der Waals surface area contributed by atoms with Crippen molar-refractivity contribution in [3.8, 4) is 0 Å². The number of anilines is 1. The average molecular weight is 429 g/mol. The topological polar surface area (TPSA) is 103 Å². The number of carbonyl (C=O) groups excluding carboxylic acids is 2. The van der Waals surface area contributed by atoms with Crippen LogP contribution in [0.15, 0.2) is 47.4 Å². The van der Waals surface area contributed by atoms with E-state index in [1.165, 1.54) is 10.9 Å². The summed E-state index contributed by atoms with van der Waals surface area (Å²) in [6.07, 6.45) is 4.19. The van der Waals surface area contributed by atoms with Crippen LogP contribution in [-0.4, -0.2) is 33.2 Å². The summed E-state index contributed by atoms with van der Waals surface area (Å²) in [6, 6.07) is 9.90. The molecule has 0 aliphatic heterocycles. The van der Waals surface area contributed by atoms with Crippen molar-refractivity contribution in [1.29, 1.82) is 0 Å². The van der Waals surface area contributed by atoms with Gasteiger partial charge in [0, 0.05) is 18.1 Å². The summed E-state index contributed by atoms with van der Waals surface area (Å²) in [5.41, 5.74) is 0.0457. The molecule has 0 fully saturated rings. The standard InChI is InChI=1S/C21H21ClN4O4/c1-2-3-6-12-26-20(28)15-9-5-4-8-14(15)18(25-26)21(29)30-13-17(27)24-16-10-7-11-23-19(16)22/h4-5,7-11H,2-3,6,12-13H2,1H3,(H,24,27). The number of aromatic nitrogens is 3. The second-order valence-electron chi connectivity index (χ2n) is 6.60. The molecule has 9 heteroatoms. The Bertz CT molecular complexity index is 1130. The van der Waals surface area contributed by atoms with Gasteiger partial charge < -0.3 is 10.1 Å². The van der Waals surface area contributed by atoms with Crippen LogP contribution >= 0.6 is 11.6 Å². The first-order chi connectivity index (χ1) is 14.5. The molecule has 1 amide bonds. The zero-order valence-electron chi connectivity index (χ0n) is 16.4. The number of rotatable bonds is 8. The molecule has 2 heterocycles. The number of pyridine rings is 1. The number of nitrogens with one attached hydrogen (secondary N) is 1. The Morgan fingerprint density at radius 1 is 1.13 bits per heavy atom. The van der Waals surface area contributed by atoms with Crippen molar-refractivity contribution >= 4 is 39.9 Å². The number of carbonyl (C=O) groups is 2. The summed E-state index contributed by atoms with van der Waals surface area (Å²) in [6.45, 7) is 1.93. The monoisotopic (exact) mass is 428 g/mol. The van der Waals surface area contributed by atoms with E-state index in [4.69, 9.17) is 16.3 Å². The van der Waals surface area contributed by atoms with E-state index in [0.717, 1.165) is 19.3 Å². The van der Waals surface area contributed by atoms with E-state index in [0.29, 0.717) is 23.0 Å². The lowest BCUT2D eigenvalue weighted by atomic mass is 10.1. The fraction of sp³-hybridized carbons (Fsp3) is 0.286. The fourth-order valence-electron chi connectivity index (χ4n) is 2.91. The second kappa shape index (κ2) is 9.98. The maximum absolute atomic E-state index is 12.7. The number of amides is 1. The van der Waals surface area contributed by atoms with Gasteiger partial charge in [-0.2, -0.15) is 5.10 Å². The lowest BCUT2D eigenvalue weighted by molar-refractivity contribution is -0.119. The minimum atomic E-state index is -0.789. The van der Waals surface area contributed by atoms with Gasteiger partial charge in [-0.3, -0.25) is 9.59 Å². The van der Waals surface area contributed by atoms with Crippen LogP contribution in [0.3, 0.4) is 0 Å². The largest absolute Gasteiger partial charge is 0.451 e. The van der Waals surface area contributed by atoms with Gasteiger partial charge in [-0.25, -0.2) is 14.5 Å². The number of benzene rings is 1. The molecule has 8 nitrogen and oxygen atoms in total. The van der Waals surface area contributed by atoms with Gasteiger partial charge in [0.25, 0.3) is 11.5 Å². The van der Waals surface area contributed by atoms with Gasteiger partial charge in [-0.15, -0.1) is 0 Å². The Morgan fingerprint density at radius 2 is 1.90 bits per heavy atom. The molecule has 2 aromatic heterocycles. The van der Waals surface area contributed by atoms with Crippen LogP contribution in [0.1, 0.15) is 36.7 Å². The summed E-state index contributed by atoms with van der Waals surface area (Å²) in [5, 5.41) is 7.63. The molecular formula is C21H21ClN4O4. The van der Waals surface area contributed by atoms with Gasteiger partial charge in [0.2, 0.25) is 0 Å². The molecule has 1 N–H and O–H groups in total. The van der Waals surface area contributed by atoms with E-state index in [1.807, 2.05) is 0 Å². The van der Waals surface area contributed by atoms with Crippen LogP contribution < -0.4 is 10.9 Å². The molecule has 0 unspecified atom stereocenters. The number of nitrogens with zero attached hydrogens (tertiary/aromatic N) is 3. The molecule has 0 atom stereocenters. The quantitative estimate of drug-likeness (QED) is 0.335. The number of unbranched alkanes of at least 4 members (excludes halogenated alkanes) is 2. The first-order valence-electron chi connectivity index (χ1n) is 9.58. The Labute approximate surface area is 177 Å². The first kappa shape index (κ1) is 21.4. The fourth-order valence-corrected chi connectivity index (χ4v) is 3.08. The number of fused-ring (bicyclic) bond motifs is 1. The minimum Gasteiger partial charge on any atom is -0.451 e. The molecular weight excluding hydrogens is 408 g/mol. The summed E-state index contributed by atoms with van der Waals surface area (Å²) in [7, 11) is 0. The van der Waals surface area contributed by atoms with E-state index in [9.17, 15) is 14.4 Å². The SMILES string of the molecule is CCCCCn1nc(C(=O)OCC(=O)Nc2cccnc2Cl)c2ccccc2c1=O. The summed E-state index contributed by atoms with van der Waals surface area (Å²) in [4.78, 5) is 41.3. The lowest BCUT2D eigenvalue weighted by Gasteiger charge is -2.11. The molecule has 30 heavy (non-hydrogen) atoms. The van der Waals surface area contributed by atoms with E-state index in [1.54, 1.807) is 36.4 Å². The second-order valence-corrected chi connectivity index (χ2v) is 6.95. The van der Waals surface area contributed by atoms with Crippen LogP contribution in [0, 0.1) is 0 Å². The highest BCUT2D eigenvalue weighted by Crippen LogP contribution is 2.18. The van der Waals surface area contributed by atoms with E-state index in [2.05, 4.69) is 22.3 Å². The number of esters is 1. The number of ether oxygens (including phenoxy) is 1. The molecule has 0 aliphatic rings. The van der Waals surface area contributed by atoms with E-state index in [-0.39, 0.29) is 16.4 Å². The molecule has 0 saturated carbocycles.